The van der Waals surface area contributed by atoms with Gasteiger partial charge < -0.3 is 11.1 Å². The summed E-state index contributed by atoms with van der Waals surface area (Å²) in [5.74, 6) is 0.865. The van der Waals surface area contributed by atoms with E-state index in [2.05, 4.69) is 26.1 Å². The smallest absolute Gasteiger partial charge is 0.294 e. The number of nitrogens with two attached hydrogens (primary N) is 1. The fourth-order valence-corrected chi connectivity index (χ4v) is 2.10. The van der Waals surface area contributed by atoms with E-state index in [9.17, 15) is 8.42 Å². The van der Waals surface area contributed by atoms with Gasteiger partial charge in [-0.25, -0.2) is 0 Å². The molecule has 0 saturated carbocycles. The van der Waals surface area contributed by atoms with Gasteiger partial charge in [-0.05, 0) is 50.6 Å². The molecule has 0 aliphatic rings. The van der Waals surface area contributed by atoms with E-state index in [1.807, 2.05) is 7.05 Å². The van der Waals surface area contributed by atoms with E-state index >= 15 is 0 Å². The lowest BCUT2D eigenvalue weighted by Crippen LogP contribution is -2.20. The van der Waals surface area contributed by atoms with Crippen molar-refractivity contribution < 1.29 is 13.0 Å². The van der Waals surface area contributed by atoms with Crippen LogP contribution >= 0.6 is 0 Å². The Bertz CT molecular complexity index is 484. The van der Waals surface area contributed by atoms with Crippen LogP contribution in [0.15, 0.2) is 29.2 Å². The maximum atomic E-state index is 10.5. The summed E-state index contributed by atoms with van der Waals surface area (Å²) in [6.07, 6.45) is 4.04. The highest BCUT2D eigenvalue weighted by atomic mass is 32.2. The molecule has 0 aliphatic heterocycles. The molecule has 0 heterocycles. The Kier molecular flexibility index (Phi) is 9.24. The van der Waals surface area contributed by atoms with E-state index in [0.29, 0.717) is 11.7 Å². The Morgan fingerprint density at radius 1 is 1.14 bits per heavy atom. The summed E-state index contributed by atoms with van der Waals surface area (Å²) in [4.78, 5) is -0.147. The summed E-state index contributed by atoms with van der Waals surface area (Å²) in [7, 11) is -2.05. The van der Waals surface area contributed by atoms with Crippen LogP contribution in [0.25, 0.3) is 0 Å². The molecule has 1 rings (SSSR count). The van der Waals surface area contributed by atoms with Gasteiger partial charge in [-0.1, -0.05) is 26.7 Å². The molecule has 1 aromatic carbocycles. The monoisotopic (exact) mass is 316 g/mol. The van der Waals surface area contributed by atoms with E-state index in [1.165, 1.54) is 43.5 Å². The predicted molar refractivity (Wildman–Crippen MR) is 87.9 cm³/mol. The molecule has 0 amide bonds. The number of hydrogen-bond acceptors (Lipinski definition) is 4. The number of nitrogen functional groups attached to an aromatic ring is 1. The molecule has 6 heteroatoms. The first kappa shape index (κ1) is 19.9. The van der Waals surface area contributed by atoms with Crippen LogP contribution in [-0.2, 0) is 10.1 Å². The number of benzene rings is 1. The highest BCUT2D eigenvalue weighted by Gasteiger charge is 2.06. The Hall–Kier alpha value is -1.11. The third-order valence-electron chi connectivity index (χ3n) is 3.09. The summed E-state index contributed by atoms with van der Waals surface area (Å²) in [5, 5.41) is 3.24. The van der Waals surface area contributed by atoms with Gasteiger partial charge in [-0.3, -0.25) is 4.55 Å². The van der Waals surface area contributed by atoms with E-state index < -0.39 is 10.1 Å². The fraction of sp³-hybridized carbons (Fsp3) is 0.600. The van der Waals surface area contributed by atoms with Crippen LogP contribution in [0.1, 0.15) is 40.0 Å². The van der Waals surface area contributed by atoms with Gasteiger partial charge in [-0.15, -0.1) is 0 Å². The summed E-state index contributed by atoms with van der Waals surface area (Å²) >= 11 is 0. The third kappa shape index (κ3) is 10.3. The van der Waals surface area contributed by atoms with E-state index in [4.69, 9.17) is 10.3 Å². The van der Waals surface area contributed by atoms with Gasteiger partial charge in [0.2, 0.25) is 0 Å². The standard InChI is InChI=1S/C9H21N.C6H7NO3S/c1-8(2)6-5-7-9(3)10-4;7-5-1-3-6(4-2-5)11(8,9)10/h8-10H,5-7H2,1-4H3;1-4H,7H2,(H,8,9,10). The molecule has 21 heavy (non-hydrogen) atoms. The first-order valence-corrected chi connectivity index (χ1v) is 8.61. The van der Waals surface area contributed by atoms with Crippen molar-refractivity contribution in [3.63, 3.8) is 0 Å². The van der Waals surface area contributed by atoms with Gasteiger partial charge in [0.05, 0.1) is 4.90 Å². The van der Waals surface area contributed by atoms with E-state index in [-0.39, 0.29) is 4.90 Å². The van der Waals surface area contributed by atoms with Gasteiger partial charge in [-0.2, -0.15) is 8.42 Å². The minimum absolute atomic E-state index is 0.147. The van der Waals surface area contributed by atoms with Gasteiger partial charge in [0, 0.05) is 11.7 Å². The normalized spacial score (nSPS) is 12.7. The lowest BCUT2D eigenvalue weighted by Gasteiger charge is -2.10. The number of nitrogens with one attached hydrogen (secondary N) is 1. The Morgan fingerprint density at radius 2 is 1.67 bits per heavy atom. The van der Waals surface area contributed by atoms with Crippen LogP contribution in [0.4, 0.5) is 5.69 Å². The van der Waals surface area contributed by atoms with E-state index in [1.54, 1.807) is 0 Å². The second-order valence-electron chi connectivity index (χ2n) is 5.56. The van der Waals surface area contributed by atoms with Crippen LogP contribution in [0.5, 0.6) is 0 Å². The zero-order valence-electron chi connectivity index (χ0n) is 13.3. The fourth-order valence-electron chi connectivity index (χ4n) is 1.62. The molecule has 1 atom stereocenters. The van der Waals surface area contributed by atoms with Crippen molar-refractivity contribution in [1.82, 2.24) is 5.32 Å². The maximum absolute atomic E-state index is 10.5. The van der Waals surface area contributed by atoms with Crippen molar-refractivity contribution in [1.29, 1.82) is 0 Å². The molecule has 0 fully saturated rings. The molecule has 0 aliphatic carbocycles. The van der Waals surface area contributed by atoms with E-state index in [0.717, 1.165) is 5.92 Å². The first-order chi connectivity index (χ1) is 9.66. The number of anilines is 1. The lowest BCUT2D eigenvalue weighted by molar-refractivity contribution is 0.479. The van der Waals surface area contributed by atoms with Crippen LogP contribution in [0, 0.1) is 5.92 Å². The van der Waals surface area contributed by atoms with Crippen LogP contribution < -0.4 is 11.1 Å². The molecule has 0 radical (unpaired) electrons. The van der Waals surface area contributed by atoms with Crippen LogP contribution in [0.3, 0.4) is 0 Å². The molecule has 0 aromatic heterocycles. The minimum Gasteiger partial charge on any atom is -0.399 e. The molecule has 1 unspecified atom stereocenters. The molecule has 4 N–H and O–H groups in total. The minimum atomic E-state index is -4.08. The average Bonchev–Trinajstić information content (AvgIpc) is 2.38. The van der Waals surface area contributed by atoms with Gasteiger partial charge in [0.25, 0.3) is 10.1 Å². The summed E-state index contributed by atoms with van der Waals surface area (Å²) in [6.45, 7) is 6.80. The Morgan fingerprint density at radius 3 is 2.05 bits per heavy atom. The molecule has 5 nitrogen and oxygen atoms in total. The molecule has 122 valence electrons. The predicted octanol–water partition coefficient (Wildman–Crippen LogP) is 2.94. The molecule has 0 bridgehead atoms. The second kappa shape index (κ2) is 9.76. The van der Waals surface area contributed by atoms with Crippen LogP contribution in [0.2, 0.25) is 0 Å². The van der Waals surface area contributed by atoms with Crippen molar-refractivity contribution in [3.8, 4) is 0 Å². The SMILES string of the molecule is CNC(C)CCCC(C)C.Nc1ccc(S(=O)(=O)O)cc1. The molecule has 1 aromatic rings. The van der Waals surface area contributed by atoms with Crippen molar-refractivity contribution in [2.75, 3.05) is 12.8 Å². The third-order valence-corrected chi connectivity index (χ3v) is 3.96. The number of rotatable bonds is 6. The van der Waals surface area contributed by atoms with Crippen molar-refractivity contribution >= 4 is 15.8 Å². The highest BCUT2D eigenvalue weighted by Crippen LogP contribution is 2.10. The van der Waals surface area contributed by atoms with Crippen molar-refractivity contribution in [3.05, 3.63) is 24.3 Å². The zero-order valence-corrected chi connectivity index (χ0v) is 14.2. The highest BCUT2D eigenvalue weighted by molar-refractivity contribution is 7.85. The molecule has 0 saturated heterocycles. The van der Waals surface area contributed by atoms with Gasteiger partial charge in [0.15, 0.2) is 0 Å². The summed E-state index contributed by atoms with van der Waals surface area (Å²) < 4.78 is 29.4. The molecular formula is C15H28N2O3S. The summed E-state index contributed by atoms with van der Waals surface area (Å²) in [6, 6.07) is 5.99. The first-order valence-electron chi connectivity index (χ1n) is 7.17. The van der Waals surface area contributed by atoms with Crippen molar-refractivity contribution in [2.24, 2.45) is 5.92 Å². The van der Waals surface area contributed by atoms with Gasteiger partial charge in [0.1, 0.15) is 0 Å². The average molecular weight is 316 g/mol. The molecular weight excluding hydrogens is 288 g/mol. The summed E-state index contributed by atoms with van der Waals surface area (Å²) in [5.41, 5.74) is 5.75. The quantitative estimate of drug-likeness (QED) is 0.554. The van der Waals surface area contributed by atoms with Crippen molar-refractivity contribution in [2.45, 2.75) is 51.0 Å². The zero-order chi connectivity index (χ0) is 16.5. The largest absolute Gasteiger partial charge is 0.399 e. The lowest BCUT2D eigenvalue weighted by atomic mass is 10.0. The Labute approximate surface area is 128 Å². The second-order valence-corrected chi connectivity index (χ2v) is 6.98. The topological polar surface area (TPSA) is 92.4 Å². The maximum Gasteiger partial charge on any atom is 0.294 e. The number of hydrogen-bond donors (Lipinski definition) is 3. The Balaban J connectivity index is 0.000000384. The molecule has 0 spiro atoms. The van der Waals surface area contributed by atoms with Crippen LogP contribution in [-0.4, -0.2) is 26.1 Å². The van der Waals surface area contributed by atoms with Gasteiger partial charge >= 0.3 is 0 Å².